The lowest BCUT2D eigenvalue weighted by atomic mass is 9.84. The number of allylic oxidation sites excluding steroid dienone is 1. The van der Waals surface area contributed by atoms with E-state index in [1.54, 1.807) is 5.57 Å². The Balaban J connectivity index is 1.72. The van der Waals surface area contributed by atoms with Crippen LogP contribution in [0, 0.1) is 5.92 Å². The zero-order chi connectivity index (χ0) is 18.8. The molecule has 0 spiro atoms. The SMILES string of the molecule is c1ccc(N2C(C3CCCCC3)=Nc3ccccc3C2=C2CCCCC2)cc1. The molecule has 5 rings (SSSR count). The van der Waals surface area contributed by atoms with Gasteiger partial charge < -0.3 is 0 Å². The monoisotopic (exact) mass is 370 g/mol. The topological polar surface area (TPSA) is 15.6 Å². The van der Waals surface area contributed by atoms with Crippen molar-refractivity contribution in [3.63, 3.8) is 0 Å². The summed E-state index contributed by atoms with van der Waals surface area (Å²) in [6, 6.07) is 19.8. The maximum absolute atomic E-state index is 5.28. The van der Waals surface area contributed by atoms with Gasteiger partial charge in [-0.15, -0.1) is 0 Å². The van der Waals surface area contributed by atoms with Crippen LogP contribution < -0.4 is 4.90 Å². The molecule has 0 atom stereocenters. The Bertz CT molecular complexity index is 880. The number of benzene rings is 2. The number of amidine groups is 1. The summed E-state index contributed by atoms with van der Waals surface area (Å²) < 4.78 is 0. The predicted octanol–water partition coefficient (Wildman–Crippen LogP) is 7.49. The minimum atomic E-state index is 0.571. The third-order valence-electron chi connectivity index (χ3n) is 6.62. The normalized spacial score (nSPS) is 20.7. The van der Waals surface area contributed by atoms with Crippen LogP contribution in [0.25, 0.3) is 5.70 Å². The van der Waals surface area contributed by atoms with Crippen molar-refractivity contribution in [1.82, 2.24) is 0 Å². The van der Waals surface area contributed by atoms with Gasteiger partial charge in [-0.1, -0.05) is 62.1 Å². The van der Waals surface area contributed by atoms with Gasteiger partial charge in [0.1, 0.15) is 5.84 Å². The Morgan fingerprint density at radius 1 is 0.714 bits per heavy atom. The number of aliphatic imine (C=N–C) groups is 1. The van der Waals surface area contributed by atoms with Crippen molar-refractivity contribution < 1.29 is 0 Å². The lowest BCUT2D eigenvalue weighted by Crippen LogP contribution is -2.38. The van der Waals surface area contributed by atoms with E-state index in [9.17, 15) is 0 Å². The molecule has 2 aliphatic carbocycles. The molecule has 0 aromatic heterocycles. The molecule has 2 heteroatoms. The first-order valence-electron chi connectivity index (χ1n) is 11.2. The quantitative estimate of drug-likeness (QED) is 0.534. The van der Waals surface area contributed by atoms with Crippen LogP contribution in [0.4, 0.5) is 11.4 Å². The summed E-state index contributed by atoms with van der Waals surface area (Å²) in [4.78, 5) is 7.82. The van der Waals surface area contributed by atoms with E-state index in [1.165, 1.54) is 92.7 Å². The van der Waals surface area contributed by atoms with Crippen LogP contribution in [-0.4, -0.2) is 5.84 Å². The van der Waals surface area contributed by atoms with Gasteiger partial charge in [-0.3, -0.25) is 4.90 Å². The minimum absolute atomic E-state index is 0.571. The highest BCUT2D eigenvalue weighted by Crippen LogP contribution is 2.44. The molecule has 0 N–H and O–H groups in total. The molecule has 0 saturated heterocycles. The molecule has 28 heavy (non-hydrogen) atoms. The Morgan fingerprint density at radius 2 is 1.39 bits per heavy atom. The van der Waals surface area contributed by atoms with Crippen molar-refractivity contribution in [1.29, 1.82) is 0 Å². The van der Waals surface area contributed by atoms with Crippen LogP contribution in [0.3, 0.4) is 0 Å². The Morgan fingerprint density at radius 3 is 2.18 bits per heavy atom. The lowest BCUT2D eigenvalue weighted by Gasteiger charge is -2.39. The number of hydrogen-bond donors (Lipinski definition) is 0. The van der Waals surface area contributed by atoms with Crippen LogP contribution in [0.2, 0.25) is 0 Å². The third kappa shape index (κ3) is 3.30. The highest BCUT2D eigenvalue weighted by atomic mass is 15.2. The fourth-order valence-corrected chi connectivity index (χ4v) is 5.22. The molecule has 2 aromatic rings. The van der Waals surface area contributed by atoms with Gasteiger partial charge in [0.05, 0.1) is 11.4 Å². The van der Waals surface area contributed by atoms with Crippen molar-refractivity contribution in [2.24, 2.45) is 10.9 Å². The smallest absolute Gasteiger partial charge is 0.117 e. The number of anilines is 1. The van der Waals surface area contributed by atoms with Gasteiger partial charge in [-0.25, -0.2) is 4.99 Å². The van der Waals surface area contributed by atoms with Gasteiger partial charge in [0.25, 0.3) is 0 Å². The summed E-state index contributed by atoms with van der Waals surface area (Å²) in [6.07, 6.45) is 13.0. The molecule has 144 valence electrons. The molecule has 3 aliphatic rings. The molecule has 0 radical (unpaired) electrons. The van der Waals surface area contributed by atoms with Crippen molar-refractivity contribution in [3.8, 4) is 0 Å². The molecule has 0 unspecified atom stereocenters. The highest BCUT2D eigenvalue weighted by molar-refractivity contribution is 6.14. The first-order valence-corrected chi connectivity index (χ1v) is 11.2. The van der Waals surface area contributed by atoms with Gasteiger partial charge in [-0.2, -0.15) is 0 Å². The van der Waals surface area contributed by atoms with Gasteiger partial charge in [0, 0.05) is 17.2 Å². The molecular weight excluding hydrogens is 340 g/mol. The second-order valence-electron chi connectivity index (χ2n) is 8.51. The highest BCUT2D eigenvalue weighted by Gasteiger charge is 2.33. The summed E-state index contributed by atoms with van der Waals surface area (Å²) in [5.74, 6) is 1.86. The second kappa shape index (κ2) is 7.95. The largest absolute Gasteiger partial charge is 0.298 e. The van der Waals surface area contributed by atoms with Crippen LogP contribution in [0.1, 0.15) is 69.8 Å². The minimum Gasteiger partial charge on any atom is -0.298 e. The average Bonchev–Trinajstić information content (AvgIpc) is 2.79. The van der Waals surface area contributed by atoms with E-state index in [2.05, 4.69) is 59.5 Å². The van der Waals surface area contributed by atoms with Crippen LogP contribution in [-0.2, 0) is 0 Å². The second-order valence-corrected chi connectivity index (χ2v) is 8.51. The summed E-state index contributed by atoms with van der Waals surface area (Å²) in [5, 5.41) is 0. The van der Waals surface area contributed by atoms with Gasteiger partial charge in [-0.05, 0) is 62.3 Å². The van der Waals surface area contributed by atoms with E-state index in [-0.39, 0.29) is 0 Å². The van der Waals surface area contributed by atoms with Gasteiger partial charge in [0.2, 0.25) is 0 Å². The first kappa shape index (κ1) is 17.7. The molecule has 2 aromatic carbocycles. The van der Waals surface area contributed by atoms with Crippen LogP contribution in [0.5, 0.6) is 0 Å². The van der Waals surface area contributed by atoms with Crippen molar-refractivity contribution in [2.45, 2.75) is 64.2 Å². The zero-order valence-corrected chi connectivity index (χ0v) is 16.7. The summed E-state index contributed by atoms with van der Waals surface area (Å²) in [7, 11) is 0. The van der Waals surface area contributed by atoms with Gasteiger partial charge in [0.15, 0.2) is 0 Å². The maximum Gasteiger partial charge on any atom is 0.117 e. The lowest BCUT2D eigenvalue weighted by molar-refractivity contribution is 0.437. The fraction of sp³-hybridized carbons (Fsp3) is 0.423. The van der Waals surface area contributed by atoms with Crippen molar-refractivity contribution >= 4 is 22.9 Å². The van der Waals surface area contributed by atoms with E-state index in [0.29, 0.717) is 5.92 Å². The molecule has 1 heterocycles. The van der Waals surface area contributed by atoms with E-state index >= 15 is 0 Å². The molecule has 0 bridgehead atoms. The number of fused-ring (bicyclic) bond motifs is 1. The van der Waals surface area contributed by atoms with E-state index in [0.717, 1.165) is 0 Å². The first-order chi connectivity index (χ1) is 13.9. The third-order valence-corrected chi connectivity index (χ3v) is 6.62. The zero-order valence-electron chi connectivity index (χ0n) is 16.7. The number of para-hydroxylation sites is 2. The van der Waals surface area contributed by atoms with Crippen LogP contribution >= 0.6 is 0 Å². The van der Waals surface area contributed by atoms with E-state index < -0.39 is 0 Å². The van der Waals surface area contributed by atoms with Gasteiger partial charge >= 0.3 is 0 Å². The average molecular weight is 371 g/mol. The fourth-order valence-electron chi connectivity index (χ4n) is 5.22. The van der Waals surface area contributed by atoms with Crippen molar-refractivity contribution in [2.75, 3.05) is 4.90 Å². The number of rotatable bonds is 2. The van der Waals surface area contributed by atoms with Crippen molar-refractivity contribution in [3.05, 3.63) is 65.7 Å². The standard InChI is InChI=1S/C26H30N2/c1-4-12-20(13-5-1)25-23-18-10-11-19-24(23)27-26(21-14-6-2-7-15-21)28(25)22-16-8-3-9-17-22/h3,8-11,16-19,21H,1-2,4-7,12-15H2. The number of nitrogens with zero attached hydrogens (tertiary/aromatic N) is 2. The molecule has 2 nitrogen and oxygen atoms in total. The van der Waals surface area contributed by atoms with Crippen LogP contribution in [0.15, 0.2) is 65.2 Å². The molecule has 1 aliphatic heterocycles. The van der Waals surface area contributed by atoms with E-state index in [1.807, 2.05) is 0 Å². The Hall–Kier alpha value is -2.35. The predicted molar refractivity (Wildman–Crippen MR) is 119 cm³/mol. The Kier molecular flexibility index (Phi) is 5.03. The molecule has 2 fully saturated rings. The Labute approximate surface area is 169 Å². The maximum atomic E-state index is 5.28. The summed E-state index contributed by atoms with van der Waals surface area (Å²) >= 11 is 0. The number of hydrogen-bond acceptors (Lipinski definition) is 2. The molecule has 0 amide bonds. The summed E-state index contributed by atoms with van der Waals surface area (Å²) in [6.45, 7) is 0. The van der Waals surface area contributed by atoms with E-state index in [4.69, 9.17) is 4.99 Å². The molecular formula is C26H30N2. The molecule has 2 saturated carbocycles. The summed E-state index contributed by atoms with van der Waals surface area (Å²) in [5.41, 5.74) is 6.84.